The molecule has 1 aliphatic rings. The Bertz CT molecular complexity index is 1680. The number of nitrogens with zero attached hydrogens (tertiary/aromatic N) is 6. The number of hydrogen-bond donors (Lipinski definition) is 1. The molecular formula is C35H37N7O2. The normalized spacial score (nSPS) is 14.0. The molecule has 4 aromatic rings. The van der Waals surface area contributed by atoms with Gasteiger partial charge in [-0.05, 0) is 36.2 Å². The maximum absolute atomic E-state index is 12.6. The van der Waals surface area contributed by atoms with Crippen LogP contribution in [0, 0.1) is 11.3 Å². The average molecular weight is 588 g/mol. The van der Waals surface area contributed by atoms with E-state index in [1.807, 2.05) is 55.0 Å². The molecule has 0 atom stereocenters. The van der Waals surface area contributed by atoms with Gasteiger partial charge in [-0.2, -0.15) is 10.4 Å². The molecule has 0 spiro atoms. The molecule has 44 heavy (non-hydrogen) atoms. The lowest BCUT2D eigenvalue weighted by molar-refractivity contribution is 0.0388. The SMILES string of the molecule is CCC/C=C/C(=C\NCCN1CCOCC1)c1cnc(-c2cccc(Cn3nc(-c4ccc(C#N)cc4)ccc3=O)c2)nc1. The zero-order valence-corrected chi connectivity index (χ0v) is 25.0. The molecule has 0 saturated carbocycles. The minimum Gasteiger partial charge on any atom is -0.389 e. The molecule has 0 amide bonds. The second kappa shape index (κ2) is 15.5. The maximum Gasteiger partial charge on any atom is 0.267 e. The van der Waals surface area contributed by atoms with Crippen molar-refractivity contribution >= 4 is 5.57 Å². The van der Waals surface area contributed by atoms with Crippen LogP contribution in [0.4, 0.5) is 0 Å². The third kappa shape index (κ3) is 8.34. The highest BCUT2D eigenvalue weighted by Crippen LogP contribution is 2.21. The first kappa shape index (κ1) is 30.5. The minimum absolute atomic E-state index is 0.192. The Morgan fingerprint density at radius 3 is 2.59 bits per heavy atom. The van der Waals surface area contributed by atoms with Crippen LogP contribution >= 0.6 is 0 Å². The van der Waals surface area contributed by atoms with Gasteiger partial charge in [0.15, 0.2) is 5.82 Å². The summed E-state index contributed by atoms with van der Waals surface area (Å²) in [5.74, 6) is 0.611. The molecule has 1 fully saturated rings. The molecule has 0 bridgehead atoms. The van der Waals surface area contributed by atoms with Crippen LogP contribution in [0.5, 0.6) is 0 Å². The highest BCUT2D eigenvalue weighted by atomic mass is 16.5. The van der Waals surface area contributed by atoms with Crippen LogP contribution in [0.2, 0.25) is 0 Å². The van der Waals surface area contributed by atoms with Gasteiger partial charge >= 0.3 is 0 Å². The van der Waals surface area contributed by atoms with E-state index in [9.17, 15) is 4.79 Å². The lowest BCUT2D eigenvalue weighted by atomic mass is 10.1. The molecule has 1 aliphatic heterocycles. The summed E-state index contributed by atoms with van der Waals surface area (Å²) >= 11 is 0. The highest BCUT2D eigenvalue weighted by molar-refractivity contribution is 5.73. The van der Waals surface area contributed by atoms with Crippen molar-refractivity contribution in [2.45, 2.75) is 26.3 Å². The molecule has 3 heterocycles. The number of morpholine rings is 1. The molecule has 2 aromatic heterocycles. The first-order valence-electron chi connectivity index (χ1n) is 15.0. The van der Waals surface area contributed by atoms with Crippen LogP contribution < -0.4 is 10.9 Å². The first-order valence-corrected chi connectivity index (χ1v) is 15.0. The van der Waals surface area contributed by atoms with Crippen LogP contribution in [-0.2, 0) is 11.3 Å². The van der Waals surface area contributed by atoms with Crippen LogP contribution in [0.25, 0.3) is 28.2 Å². The molecule has 0 radical (unpaired) electrons. The molecule has 0 unspecified atom stereocenters. The molecule has 0 aliphatic carbocycles. The summed E-state index contributed by atoms with van der Waals surface area (Å²) in [6.45, 7) is 7.85. The standard InChI is InChI=1S/C35H37N7O2/c1-2-3-4-7-31(23-37-15-16-41-17-19-44-20-18-41)32-24-38-35(39-25-32)30-8-5-6-28(21-30)26-42-34(43)14-13-33(40-42)29-11-9-27(22-36)10-12-29/h4-14,21,23-25,37H,2-3,15-20,26H2,1H3/b7-4+,31-23+. The molecule has 1 saturated heterocycles. The van der Waals surface area contributed by atoms with Crippen molar-refractivity contribution in [1.82, 2.24) is 30.0 Å². The molecule has 9 nitrogen and oxygen atoms in total. The number of rotatable bonds is 12. The van der Waals surface area contributed by atoms with Gasteiger partial charge in [-0.25, -0.2) is 14.6 Å². The zero-order valence-electron chi connectivity index (χ0n) is 25.0. The van der Waals surface area contributed by atoms with E-state index in [1.54, 1.807) is 18.2 Å². The Kier molecular flexibility index (Phi) is 10.8. The number of aromatic nitrogens is 4. The predicted molar refractivity (Wildman–Crippen MR) is 173 cm³/mol. The van der Waals surface area contributed by atoms with Crippen molar-refractivity contribution in [3.8, 4) is 28.7 Å². The van der Waals surface area contributed by atoms with E-state index < -0.39 is 0 Å². The second-order valence-corrected chi connectivity index (χ2v) is 10.6. The van der Waals surface area contributed by atoms with Gasteiger partial charge in [-0.1, -0.05) is 55.8 Å². The topological polar surface area (TPSA) is 109 Å². The largest absolute Gasteiger partial charge is 0.389 e. The van der Waals surface area contributed by atoms with Gasteiger partial charge in [0.2, 0.25) is 0 Å². The summed E-state index contributed by atoms with van der Waals surface area (Å²) in [6.07, 6.45) is 12.1. The minimum atomic E-state index is -0.192. The van der Waals surface area contributed by atoms with Crippen molar-refractivity contribution in [3.63, 3.8) is 0 Å². The van der Waals surface area contributed by atoms with E-state index in [-0.39, 0.29) is 5.56 Å². The van der Waals surface area contributed by atoms with Crippen molar-refractivity contribution in [1.29, 1.82) is 5.26 Å². The monoisotopic (exact) mass is 587 g/mol. The number of nitrogens with one attached hydrogen (secondary N) is 1. The van der Waals surface area contributed by atoms with Gasteiger partial charge in [0.1, 0.15) is 0 Å². The number of allylic oxidation sites excluding steroid dienone is 3. The van der Waals surface area contributed by atoms with Crippen LogP contribution in [-0.4, -0.2) is 64.0 Å². The second-order valence-electron chi connectivity index (χ2n) is 10.6. The number of ether oxygens (including phenoxy) is 1. The summed E-state index contributed by atoms with van der Waals surface area (Å²) in [7, 11) is 0. The zero-order chi connectivity index (χ0) is 30.6. The summed E-state index contributed by atoms with van der Waals surface area (Å²) in [6, 6.07) is 20.3. The maximum atomic E-state index is 12.6. The number of benzene rings is 2. The summed E-state index contributed by atoms with van der Waals surface area (Å²) in [5, 5.41) is 17.1. The van der Waals surface area contributed by atoms with E-state index in [2.05, 4.69) is 40.5 Å². The predicted octanol–water partition coefficient (Wildman–Crippen LogP) is 4.91. The Balaban J connectivity index is 1.29. The van der Waals surface area contributed by atoms with Gasteiger partial charge in [-0.15, -0.1) is 0 Å². The molecule has 1 N–H and O–H groups in total. The lowest BCUT2D eigenvalue weighted by Gasteiger charge is -2.26. The summed E-state index contributed by atoms with van der Waals surface area (Å²) < 4.78 is 6.89. The van der Waals surface area contributed by atoms with E-state index in [0.717, 1.165) is 80.1 Å². The van der Waals surface area contributed by atoms with Gasteiger partial charge in [0.25, 0.3) is 5.56 Å². The van der Waals surface area contributed by atoms with Crippen LogP contribution in [0.1, 0.15) is 36.5 Å². The third-order valence-corrected chi connectivity index (χ3v) is 7.37. The molecule has 5 rings (SSSR count). The molecule has 2 aromatic carbocycles. The number of unbranched alkanes of at least 4 members (excludes halogenated alkanes) is 1. The molecule has 224 valence electrons. The van der Waals surface area contributed by atoms with E-state index >= 15 is 0 Å². The average Bonchev–Trinajstić information content (AvgIpc) is 3.07. The Morgan fingerprint density at radius 1 is 1.05 bits per heavy atom. The Hall–Kier alpha value is -4.91. The summed E-state index contributed by atoms with van der Waals surface area (Å²) in [5.41, 5.74) is 5.63. The van der Waals surface area contributed by atoms with E-state index in [0.29, 0.717) is 23.6 Å². The lowest BCUT2D eigenvalue weighted by Crippen LogP contribution is -2.39. The Morgan fingerprint density at radius 2 is 1.84 bits per heavy atom. The fourth-order valence-corrected chi connectivity index (χ4v) is 4.87. The van der Waals surface area contributed by atoms with Gasteiger partial charge < -0.3 is 10.1 Å². The third-order valence-electron chi connectivity index (χ3n) is 7.37. The Labute approximate surface area is 258 Å². The van der Waals surface area contributed by atoms with Crippen molar-refractivity contribution in [3.05, 3.63) is 118 Å². The number of nitriles is 1. The van der Waals surface area contributed by atoms with Crippen molar-refractivity contribution < 1.29 is 4.74 Å². The van der Waals surface area contributed by atoms with E-state index in [1.165, 1.54) is 10.7 Å². The van der Waals surface area contributed by atoms with E-state index in [4.69, 9.17) is 20.0 Å². The summed E-state index contributed by atoms with van der Waals surface area (Å²) in [4.78, 5) is 24.4. The molecular weight excluding hydrogens is 550 g/mol. The molecule has 9 heteroatoms. The van der Waals surface area contributed by atoms with Crippen LogP contribution in [0.15, 0.2) is 96.2 Å². The van der Waals surface area contributed by atoms with Crippen LogP contribution in [0.3, 0.4) is 0 Å². The van der Waals surface area contributed by atoms with Gasteiger partial charge in [0, 0.05) is 73.1 Å². The quantitative estimate of drug-likeness (QED) is 0.184. The highest BCUT2D eigenvalue weighted by Gasteiger charge is 2.10. The van der Waals surface area contributed by atoms with Crippen molar-refractivity contribution in [2.75, 3.05) is 39.4 Å². The number of hydrogen-bond acceptors (Lipinski definition) is 8. The first-order chi connectivity index (χ1) is 21.6. The fraction of sp³-hybridized carbons (Fsp3) is 0.286. The fourth-order valence-electron chi connectivity index (χ4n) is 4.87. The van der Waals surface area contributed by atoms with Crippen molar-refractivity contribution in [2.24, 2.45) is 0 Å². The van der Waals surface area contributed by atoms with Gasteiger partial charge in [-0.3, -0.25) is 9.69 Å². The smallest absolute Gasteiger partial charge is 0.267 e. The van der Waals surface area contributed by atoms with Gasteiger partial charge in [0.05, 0.1) is 37.1 Å².